The largest absolute Gasteiger partial charge is 0.496 e. The Morgan fingerprint density at radius 2 is 1.67 bits per heavy atom. The summed E-state index contributed by atoms with van der Waals surface area (Å²) in [4.78, 5) is 0. The fraction of sp³-hybridized carbons (Fsp3) is 0.500. The lowest BCUT2D eigenvalue weighted by Gasteiger charge is -2.13. The molecule has 84 valence electrons. The third-order valence-electron chi connectivity index (χ3n) is 2.37. The Hall–Kier alpha value is -1.22. The smallest absolute Gasteiger partial charge is 0.125 e. The summed E-state index contributed by atoms with van der Waals surface area (Å²) in [5.41, 5.74) is 7.93. The van der Waals surface area contributed by atoms with Gasteiger partial charge < -0.3 is 15.2 Å². The van der Waals surface area contributed by atoms with Crippen molar-refractivity contribution in [2.45, 2.75) is 26.3 Å². The Balaban J connectivity index is 3.09. The second-order valence-electron chi connectivity index (χ2n) is 3.81. The summed E-state index contributed by atoms with van der Waals surface area (Å²) in [5.74, 6) is 1.70. The zero-order valence-electron chi connectivity index (χ0n) is 9.83. The Bertz CT molecular complexity index is 309. The molecule has 0 spiro atoms. The van der Waals surface area contributed by atoms with E-state index in [1.807, 2.05) is 26.0 Å². The van der Waals surface area contributed by atoms with E-state index >= 15 is 0 Å². The second-order valence-corrected chi connectivity index (χ2v) is 3.81. The molecule has 0 saturated carbocycles. The van der Waals surface area contributed by atoms with E-state index < -0.39 is 0 Å². The molecule has 15 heavy (non-hydrogen) atoms. The molecule has 1 atom stereocenters. The van der Waals surface area contributed by atoms with Crippen LogP contribution in [0.25, 0.3) is 0 Å². The van der Waals surface area contributed by atoms with Gasteiger partial charge in [-0.1, -0.05) is 0 Å². The number of ether oxygens (including phenoxy) is 2. The van der Waals surface area contributed by atoms with Gasteiger partial charge >= 0.3 is 0 Å². The van der Waals surface area contributed by atoms with Gasteiger partial charge in [-0.15, -0.1) is 0 Å². The Morgan fingerprint density at radius 1 is 1.20 bits per heavy atom. The average molecular weight is 209 g/mol. The number of hydrogen-bond donors (Lipinski definition) is 1. The number of methoxy groups -OCH3 is 2. The van der Waals surface area contributed by atoms with Crippen molar-refractivity contribution in [2.75, 3.05) is 14.2 Å². The lowest BCUT2D eigenvalue weighted by molar-refractivity contribution is 0.387. The summed E-state index contributed by atoms with van der Waals surface area (Å²) in [7, 11) is 3.33. The fourth-order valence-corrected chi connectivity index (χ4v) is 1.63. The molecule has 1 rings (SSSR count). The van der Waals surface area contributed by atoms with Gasteiger partial charge in [0.1, 0.15) is 11.5 Å². The lowest BCUT2D eigenvalue weighted by Crippen LogP contribution is -2.17. The zero-order valence-corrected chi connectivity index (χ0v) is 9.83. The summed E-state index contributed by atoms with van der Waals surface area (Å²) in [6.45, 7) is 3.96. The molecule has 0 aliphatic carbocycles. The van der Waals surface area contributed by atoms with Crippen molar-refractivity contribution in [3.05, 3.63) is 23.3 Å². The third kappa shape index (κ3) is 2.86. The number of hydrogen-bond acceptors (Lipinski definition) is 3. The van der Waals surface area contributed by atoms with Crippen LogP contribution in [-0.4, -0.2) is 20.3 Å². The van der Waals surface area contributed by atoms with Crippen LogP contribution in [0.4, 0.5) is 0 Å². The minimum Gasteiger partial charge on any atom is -0.496 e. The molecule has 0 heterocycles. The molecular formula is C12H19NO2. The zero-order chi connectivity index (χ0) is 11.4. The van der Waals surface area contributed by atoms with E-state index in [0.717, 1.165) is 29.0 Å². The number of nitrogens with two attached hydrogens (primary N) is 1. The fourth-order valence-electron chi connectivity index (χ4n) is 1.63. The van der Waals surface area contributed by atoms with Crippen LogP contribution in [0.3, 0.4) is 0 Å². The van der Waals surface area contributed by atoms with Crippen molar-refractivity contribution in [3.63, 3.8) is 0 Å². The SMILES string of the molecule is COc1cc(CC(C)N)cc(OC)c1C. The van der Waals surface area contributed by atoms with Gasteiger partial charge in [0, 0.05) is 11.6 Å². The van der Waals surface area contributed by atoms with Gasteiger partial charge in [0.2, 0.25) is 0 Å². The lowest BCUT2D eigenvalue weighted by atomic mass is 10.0. The van der Waals surface area contributed by atoms with Crippen molar-refractivity contribution in [1.82, 2.24) is 0 Å². The monoisotopic (exact) mass is 209 g/mol. The molecule has 0 amide bonds. The van der Waals surface area contributed by atoms with E-state index in [2.05, 4.69) is 0 Å². The molecule has 0 bridgehead atoms. The van der Waals surface area contributed by atoms with Crippen LogP contribution < -0.4 is 15.2 Å². The summed E-state index contributed by atoms with van der Waals surface area (Å²) < 4.78 is 10.6. The summed E-state index contributed by atoms with van der Waals surface area (Å²) in [5, 5.41) is 0. The molecule has 1 aromatic rings. The quantitative estimate of drug-likeness (QED) is 0.823. The van der Waals surface area contributed by atoms with Crippen molar-refractivity contribution in [3.8, 4) is 11.5 Å². The van der Waals surface area contributed by atoms with Crippen molar-refractivity contribution >= 4 is 0 Å². The van der Waals surface area contributed by atoms with Gasteiger partial charge in [0.25, 0.3) is 0 Å². The van der Waals surface area contributed by atoms with Crippen molar-refractivity contribution < 1.29 is 9.47 Å². The molecule has 1 aromatic carbocycles. The minimum atomic E-state index is 0.141. The maximum absolute atomic E-state index is 5.76. The van der Waals surface area contributed by atoms with Crippen molar-refractivity contribution in [2.24, 2.45) is 5.73 Å². The summed E-state index contributed by atoms with van der Waals surface area (Å²) >= 11 is 0. The summed E-state index contributed by atoms with van der Waals surface area (Å²) in [6, 6.07) is 4.17. The Morgan fingerprint density at radius 3 is 2.00 bits per heavy atom. The van der Waals surface area contributed by atoms with Crippen LogP contribution >= 0.6 is 0 Å². The molecule has 1 unspecified atom stereocenters. The highest BCUT2D eigenvalue weighted by Gasteiger charge is 2.09. The van der Waals surface area contributed by atoms with Crippen LogP contribution in [-0.2, 0) is 6.42 Å². The molecule has 3 nitrogen and oxygen atoms in total. The van der Waals surface area contributed by atoms with Crippen LogP contribution in [0.1, 0.15) is 18.1 Å². The molecule has 0 saturated heterocycles. The van der Waals surface area contributed by atoms with Gasteiger partial charge in [0.05, 0.1) is 14.2 Å². The van der Waals surface area contributed by atoms with E-state index in [0.29, 0.717) is 0 Å². The first-order valence-corrected chi connectivity index (χ1v) is 5.05. The topological polar surface area (TPSA) is 44.5 Å². The van der Waals surface area contributed by atoms with Crippen LogP contribution in [0.2, 0.25) is 0 Å². The van der Waals surface area contributed by atoms with E-state index in [-0.39, 0.29) is 6.04 Å². The molecule has 2 N–H and O–H groups in total. The Labute approximate surface area is 91.2 Å². The molecule has 0 aliphatic heterocycles. The maximum Gasteiger partial charge on any atom is 0.125 e. The first kappa shape index (κ1) is 11.9. The normalized spacial score (nSPS) is 12.3. The highest BCUT2D eigenvalue weighted by Crippen LogP contribution is 2.29. The first-order valence-electron chi connectivity index (χ1n) is 5.05. The first-order chi connectivity index (χ1) is 7.08. The molecule has 0 aliphatic rings. The average Bonchev–Trinajstić information content (AvgIpc) is 2.19. The van der Waals surface area contributed by atoms with Gasteiger partial charge in [-0.2, -0.15) is 0 Å². The highest BCUT2D eigenvalue weighted by atomic mass is 16.5. The van der Waals surface area contributed by atoms with Crippen molar-refractivity contribution in [1.29, 1.82) is 0 Å². The number of benzene rings is 1. The van der Waals surface area contributed by atoms with E-state index in [1.54, 1.807) is 14.2 Å². The van der Waals surface area contributed by atoms with E-state index in [1.165, 1.54) is 0 Å². The third-order valence-corrected chi connectivity index (χ3v) is 2.37. The number of rotatable bonds is 4. The van der Waals surface area contributed by atoms with Crippen LogP contribution in [0.5, 0.6) is 11.5 Å². The van der Waals surface area contributed by atoms with Gasteiger partial charge in [-0.3, -0.25) is 0 Å². The molecule has 0 fully saturated rings. The predicted octanol–water partition coefficient (Wildman–Crippen LogP) is 1.90. The molecular weight excluding hydrogens is 190 g/mol. The molecule has 0 aromatic heterocycles. The van der Waals surface area contributed by atoms with Gasteiger partial charge in [-0.25, -0.2) is 0 Å². The molecule has 3 heteroatoms. The van der Waals surface area contributed by atoms with Crippen LogP contribution in [0, 0.1) is 6.92 Å². The second kappa shape index (κ2) is 5.03. The highest BCUT2D eigenvalue weighted by molar-refractivity contribution is 5.47. The standard InChI is InChI=1S/C12H19NO2/c1-8(13)5-10-6-11(14-3)9(2)12(7-10)15-4/h6-8H,5,13H2,1-4H3. The minimum absolute atomic E-state index is 0.141. The maximum atomic E-state index is 5.76. The molecule has 0 radical (unpaired) electrons. The predicted molar refractivity (Wildman–Crippen MR) is 61.6 cm³/mol. The van der Waals surface area contributed by atoms with Crippen LogP contribution in [0.15, 0.2) is 12.1 Å². The summed E-state index contributed by atoms with van der Waals surface area (Å²) in [6.07, 6.45) is 0.826. The Kier molecular flexibility index (Phi) is 3.97. The van der Waals surface area contributed by atoms with E-state index in [9.17, 15) is 0 Å². The van der Waals surface area contributed by atoms with Gasteiger partial charge in [0.15, 0.2) is 0 Å². The van der Waals surface area contributed by atoms with Gasteiger partial charge in [-0.05, 0) is 38.0 Å². The van der Waals surface area contributed by atoms with E-state index in [4.69, 9.17) is 15.2 Å².